The fourth-order valence-corrected chi connectivity index (χ4v) is 2.92. The van der Waals surface area contributed by atoms with Gasteiger partial charge in [0.15, 0.2) is 0 Å². The Morgan fingerprint density at radius 2 is 1.89 bits per heavy atom. The minimum absolute atomic E-state index is 0.0546. The topological polar surface area (TPSA) is 38.3 Å². The number of halogens is 1. The first-order valence-electron chi connectivity index (χ1n) is 6.38. The van der Waals surface area contributed by atoms with Gasteiger partial charge in [0.1, 0.15) is 5.75 Å². The monoisotopic (exact) mass is 327 g/mol. The zero-order valence-electron chi connectivity index (χ0n) is 12.0. The van der Waals surface area contributed by atoms with Crippen LogP contribution in [-0.2, 0) is 0 Å². The number of hydrogen-bond donors (Lipinski definition) is 1. The van der Waals surface area contributed by atoms with Crippen molar-refractivity contribution in [2.75, 3.05) is 13.7 Å². The third-order valence-electron chi connectivity index (χ3n) is 2.67. The van der Waals surface area contributed by atoms with Crippen molar-refractivity contribution >= 4 is 21.8 Å². The van der Waals surface area contributed by atoms with Gasteiger partial charge in [-0.3, -0.25) is 4.79 Å². The molecule has 0 bridgehead atoms. The van der Waals surface area contributed by atoms with Crippen LogP contribution in [0, 0.1) is 5.41 Å². The number of carbonyl (C=O) groups is 1. The lowest BCUT2D eigenvalue weighted by Gasteiger charge is -2.22. The van der Waals surface area contributed by atoms with Crippen molar-refractivity contribution in [1.29, 1.82) is 0 Å². The van der Waals surface area contributed by atoms with Crippen LogP contribution in [0.2, 0.25) is 0 Å². The number of alkyl halides is 1. The Kier molecular flexibility index (Phi) is 5.85. The number of carbonyl (C=O) groups excluding carboxylic acids is 1. The Bertz CT molecular complexity index is 409. The average Bonchev–Trinajstić information content (AvgIpc) is 2.34. The Labute approximate surface area is 123 Å². The highest BCUT2D eigenvalue weighted by Gasteiger charge is 2.17. The number of hydrogen-bond acceptors (Lipinski definition) is 2. The highest BCUT2D eigenvalue weighted by Crippen LogP contribution is 2.24. The molecule has 4 heteroatoms. The van der Waals surface area contributed by atoms with E-state index in [2.05, 4.69) is 42.0 Å². The van der Waals surface area contributed by atoms with Gasteiger partial charge in [-0.05, 0) is 36.1 Å². The van der Waals surface area contributed by atoms with Crippen LogP contribution in [0.4, 0.5) is 0 Å². The van der Waals surface area contributed by atoms with E-state index in [0.717, 1.165) is 12.2 Å². The van der Waals surface area contributed by atoms with E-state index in [1.54, 1.807) is 31.4 Å². The molecule has 0 fully saturated rings. The predicted molar refractivity (Wildman–Crippen MR) is 82.1 cm³/mol. The van der Waals surface area contributed by atoms with Crippen LogP contribution < -0.4 is 10.1 Å². The SMILES string of the molecule is COc1ccc(C(=O)NCC(Br)CC(C)(C)C)cc1. The van der Waals surface area contributed by atoms with Gasteiger partial charge in [0.25, 0.3) is 5.91 Å². The van der Waals surface area contributed by atoms with Crippen molar-refractivity contribution in [2.45, 2.75) is 32.0 Å². The van der Waals surface area contributed by atoms with E-state index in [9.17, 15) is 4.79 Å². The molecule has 0 aliphatic rings. The van der Waals surface area contributed by atoms with E-state index in [1.807, 2.05) is 0 Å². The van der Waals surface area contributed by atoms with E-state index < -0.39 is 0 Å². The largest absolute Gasteiger partial charge is 0.497 e. The molecule has 0 aliphatic carbocycles. The first-order valence-corrected chi connectivity index (χ1v) is 7.30. The number of nitrogens with one attached hydrogen (secondary N) is 1. The summed E-state index contributed by atoms with van der Waals surface area (Å²) in [6.45, 7) is 7.19. The third kappa shape index (κ3) is 6.10. The molecule has 0 saturated carbocycles. The lowest BCUT2D eigenvalue weighted by Crippen LogP contribution is -2.31. The molecule has 0 heterocycles. The first-order chi connectivity index (χ1) is 8.81. The molecule has 0 spiro atoms. The van der Waals surface area contributed by atoms with Gasteiger partial charge >= 0.3 is 0 Å². The van der Waals surface area contributed by atoms with E-state index in [-0.39, 0.29) is 16.1 Å². The second-order valence-corrected chi connectivity index (χ2v) is 7.10. The molecule has 1 unspecified atom stereocenters. The Morgan fingerprint density at radius 3 is 2.37 bits per heavy atom. The second-order valence-electron chi connectivity index (χ2n) is 5.80. The molecule has 106 valence electrons. The van der Waals surface area contributed by atoms with Crippen molar-refractivity contribution in [3.05, 3.63) is 29.8 Å². The smallest absolute Gasteiger partial charge is 0.251 e. The number of ether oxygens (including phenoxy) is 1. The normalized spacial score (nSPS) is 12.9. The van der Waals surface area contributed by atoms with E-state index in [1.165, 1.54) is 0 Å². The lowest BCUT2D eigenvalue weighted by molar-refractivity contribution is 0.0952. The minimum atomic E-state index is -0.0546. The van der Waals surface area contributed by atoms with Gasteiger partial charge < -0.3 is 10.1 Å². The number of methoxy groups -OCH3 is 1. The Balaban J connectivity index is 2.46. The van der Waals surface area contributed by atoms with Gasteiger partial charge in [-0.25, -0.2) is 0 Å². The van der Waals surface area contributed by atoms with Gasteiger partial charge in [0.05, 0.1) is 7.11 Å². The number of benzene rings is 1. The van der Waals surface area contributed by atoms with Crippen LogP contribution in [0.3, 0.4) is 0 Å². The van der Waals surface area contributed by atoms with Gasteiger partial charge in [-0.1, -0.05) is 36.7 Å². The zero-order chi connectivity index (χ0) is 14.5. The maximum Gasteiger partial charge on any atom is 0.251 e. The maximum absolute atomic E-state index is 11.9. The molecule has 0 radical (unpaired) electrons. The van der Waals surface area contributed by atoms with Crippen molar-refractivity contribution in [3.63, 3.8) is 0 Å². The molecule has 1 N–H and O–H groups in total. The Morgan fingerprint density at radius 1 is 1.32 bits per heavy atom. The molecule has 3 nitrogen and oxygen atoms in total. The van der Waals surface area contributed by atoms with Crippen LogP contribution in [-0.4, -0.2) is 24.4 Å². The molecule has 1 rings (SSSR count). The summed E-state index contributed by atoms with van der Waals surface area (Å²) in [4.78, 5) is 12.2. The van der Waals surface area contributed by atoms with Gasteiger partial charge in [0, 0.05) is 16.9 Å². The van der Waals surface area contributed by atoms with Crippen molar-refractivity contribution < 1.29 is 9.53 Å². The van der Waals surface area contributed by atoms with Crippen LogP contribution in [0.25, 0.3) is 0 Å². The van der Waals surface area contributed by atoms with E-state index >= 15 is 0 Å². The van der Waals surface area contributed by atoms with Crippen LogP contribution in [0.15, 0.2) is 24.3 Å². The molecule has 0 aliphatic heterocycles. The van der Waals surface area contributed by atoms with E-state index in [0.29, 0.717) is 12.1 Å². The standard InChI is InChI=1S/C15H22BrNO2/c1-15(2,3)9-12(16)10-17-14(18)11-5-7-13(19-4)8-6-11/h5-8,12H,9-10H2,1-4H3,(H,17,18). The number of rotatable bonds is 5. The molecule has 1 amide bonds. The van der Waals surface area contributed by atoms with Gasteiger partial charge in [-0.2, -0.15) is 0 Å². The molecule has 19 heavy (non-hydrogen) atoms. The molecule has 1 aromatic rings. The molecular weight excluding hydrogens is 306 g/mol. The molecular formula is C15H22BrNO2. The average molecular weight is 328 g/mol. The second kappa shape index (κ2) is 6.94. The summed E-state index contributed by atoms with van der Waals surface area (Å²) in [5, 5.41) is 2.93. The maximum atomic E-state index is 11.9. The summed E-state index contributed by atoms with van der Waals surface area (Å²) in [5.74, 6) is 0.698. The predicted octanol–water partition coefficient (Wildman–Crippen LogP) is 3.62. The first kappa shape index (κ1) is 16.0. The minimum Gasteiger partial charge on any atom is -0.497 e. The van der Waals surface area contributed by atoms with Crippen molar-refractivity contribution in [1.82, 2.24) is 5.32 Å². The highest BCUT2D eigenvalue weighted by atomic mass is 79.9. The fourth-order valence-electron chi connectivity index (χ4n) is 1.78. The van der Waals surface area contributed by atoms with Crippen LogP contribution in [0.5, 0.6) is 5.75 Å². The van der Waals surface area contributed by atoms with Crippen LogP contribution >= 0.6 is 15.9 Å². The molecule has 1 aromatic carbocycles. The number of amides is 1. The lowest BCUT2D eigenvalue weighted by atomic mass is 9.90. The summed E-state index contributed by atoms with van der Waals surface area (Å²) in [6, 6.07) is 7.10. The summed E-state index contributed by atoms with van der Waals surface area (Å²) >= 11 is 3.60. The van der Waals surface area contributed by atoms with Crippen molar-refractivity contribution in [2.24, 2.45) is 5.41 Å². The quantitative estimate of drug-likeness (QED) is 0.839. The highest BCUT2D eigenvalue weighted by molar-refractivity contribution is 9.09. The summed E-state index contributed by atoms with van der Waals surface area (Å²) in [7, 11) is 1.61. The third-order valence-corrected chi connectivity index (χ3v) is 3.32. The van der Waals surface area contributed by atoms with Gasteiger partial charge in [-0.15, -0.1) is 0 Å². The van der Waals surface area contributed by atoms with Crippen LogP contribution in [0.1, 0.15) is 37.6 Å². The van der Waals surface area contributed by atoms with Crippen molar-refractivity contribution in [3.8, 4) is 5.75 Å². The summed E-state index contributed by atoms with van der Waals surface area (Å²) in [5.41, 5.74) is 0.898. The zero-order valence-corrected chi connectivity index (χ0v) is 13.6. The molecule has 0 aromatic heterocycles. The summed E-state index contributed by atoms with van der Waals surface area (Å²) < 4.78 is 5.06. The van der Waals surface area contributed by atoms with E-state index in [4.69, 9.17) is 4.74 Å². The van der Waals surface area contributed by atoms with Gasteiger partial charge in [0.2, 0.25) is 0 Å². The fraction of sp³-hybridized carbons (Fsp3) is 0.533. The molecule has 1 atom stereocenters. The summed E-state index contributed by atoms with van der Waals surface area (Å²) in [6.07, 6.45) is 1.01. The molecule has 0 saturated heterocycles. The Hall–Kier alpha value is -1.03.